The molecule has 0 spiro atoms. The summed E-state index contributed by atoms with van der Waals surface area (Å²) >= 11 is 0. The van der Waals surface area contributed by atoms with E-state index in [2.05, 4.69) is 4.72 Å². The number of nitrogens with one attached hydrogen (secondary N) is 1. The van der Waals surface area contributed by atoms with Crippen LogP contribution < -0.4 is 10.5 Å². The Morgan fingerprint density at radius 2 is 1.86 bits per heavy atom. The van der Waals surface area contributed by atoms with Crippen molar-refractivity contribution in [3.63, 3.8) is 0 Å². The topological polar surface area (TPSA) is 72.2 Å². The van der Waals surface area contributed by atoms with Gasteiger partial charge in [-0.15, -0.1) is 0 Å². The second-order valence-electron chi connectivity index (χ2n) is 4.71. The number of hydrogen-bond acceptors (Lipinski definition) is 3. The molecule has 112 valence electrons. The molecule has 0 aliphatic heterocycles. The van der Waals surface area contributed by atoms with Crippen molar-refractivity contribution < 1.29 is 12.8 Å². The quantitative estimate of drug-likeness (QED) is 0.888. The zero-order chi connectivity index (χ0) is 15.5. The van der Waals surface area contributed by atoms with Gasteiger partial charge in [-0.3, -0.25) is 0 Å². The van der Waals surface area contributed by atoms with Crippen molar-refractivity contribution in [3.8, 4) is 0 Å². The molecule has 2 aromatic carbocycles. The average molecular weight is 308 g/mol. The van der Waals surface area contributed by atoms with E-state index in [-0.39, 0.29) is 18.0 Å². The lowest BCUT2D eigenvalue weighted by molar-refractivity contribution is 0.574. The second kappa shape index (κ2) is 6.34. The third-order valence-corrected chi connectivity index (χ3v) is 4.66. The third-order valence-electron chi connectivity index (χ3n) is 3.26. The normalized spacial score (nSPS) is 11.6. The number of benzene rings is 2. The fraction of sp³-hybridized carbons (Fsp3) is 0.200. The van der Waals surface area contributed by atoms with Crippen LogP contribution in [0.2, 0.25) is 0 Å². The number of rotatable bonds is 5. The fourth-order valence-corrected chi connectivity index (χ4v) is 2.99. The van der Waals surface area contributed by atoms with Crippen LogP contribution in [0.3, 0.4) is 0 Å². The zero-order valence-electron chi connectivity index (χ0n) is 11.6. The maximum atomic E-state index is 13.5. The zero-order valence-corrected chi connectivity index (χ0v) is 12.5. The molecule has 0 atom stereocenters. The van der Waals surface area contributed by atoms with Gasteiger partial charge in [-0.2, -0.15) is 0 Å². The van der Waals surface area contributed by atoms with Gasteiger partial charge in [-0.05, 0) is 36.2 Å². The van der Waals surface area contributed by atoms with Crippen molar-refractivity contribution in [2.45, 2.75) is 24.9 Å². The molecule has 0 amide bonds. The lowest BCUT2D eigenvalue weighted by atomic mass is 10.1. The van der Waals surface area contributed by atoms with Gasteiger partial charge in [0, 0.05) is 18.7 Å². The average Bonchev–Trinajstić information content (AvgIpc) is 2.46. The summed E-state index contributed by atoms with van der Waals surface area (Å²) in [5.74, 6) is -0.438. The minimum Gasteiger partial charge on any atom is -0.326 e. The van der Waals surface area contributed by atoms with Gasteiger partial charge in [0.25, 0.3) is 0 Å². The molecule has 6 heteroatoms. The fourth-order valence-electron chi connectivity index (χ4n) is 1.93. The molecule has 0 radical (unpaired) electrons. The smallest absolute Gasteiger partial charge is 0.240 e. The maximum Gasteiger partial charge on any atom is 0.240 e. The standard InChI is InChI=1S/C15H17FN2O2S/c1-11-6-7-14(8-13(11)9-17)21(19,20)18-10-12-4-2-3-5-15(12)16/h2-8,18H,9-10,17H2,1H3. The van der Waals surface area contributed by atoms with Crippen LogP contribution >= 0.6 is 0 Å². The third kappa shape index (κ3) is 3.66. The summed E-state index contributed by atoms with van der Waals surface area (Å²) in [5, 5.41) is 0. The Hall–Kier alpha value is -1.76. The van der Waals surface area contributed by atoms with Crippen molar-refractivity contribution >= 4 is 10.0 Å². The van der Waals surface area contributed by atoms with Crippen molar-refractivity contribution in [2.75, 3.05) is 0 Å². The summed E-state index contributed by atoms with van der Waals surface area (Å²) in [4.78, 5) is 0.130. The largest absolute Gasteiger partial charge is 0.326 e. The number of nitrogens with two attached hydrogens (primary N) is 1. The highest BCUT2D eigenvalue weighted by Crippen LogP contribution is 2.16. The number of hydrogen-bond donors (Lipinski definition) is 2. The van der Waals surface area contributed by atoms with Gasteiger partial charge >= 0.3 is 0 Å². The van der Waals surface area contributed by atoms with E-state index in [1.807, 2.05) is 6.92 Å². The molecule has 0 bridgehead atoms. The molecule has 21 heavy (non-hydrogen) atoms. The van der Waals surface area contributed by atoms with E-state index in [0.29, 0.717) is 5.56 Å². The van der Waals surface area contributed by atoms with E-state index in [9.17, 15) is 12.8 Å². The van der Waals surface area contributed by atoms with E-state index in [1.165, 1.54) is 18.2 Å². The van der Waals surface area contributed by atoms with E-state index < -0.39 is 15.8 Å². The molecular weight excluding hydrogens is 291 g/mol. The van der Waals surface area contributed by atoms with Gasteiger partial charge in [-0.25, -0.2) is 17.5 Å². The predicted molar refractivity (Wildman–Crippen MR) is 79.5 cm³/mol. The summed E-state index contributed by atoms with van der Waals surface area (Å²) in [7, 11) is -3.70. The van der Waals surface area contributed by atoms with Crippen molar-refractivity contribution in [1.29, 1.82) is 0 Å². The maximum absolute atomic E-state index is 13.5. The molecule has 3 N–H and O–H groups in total. The molecule has 0 saturated heterocycles. The highest BCUT2D eigenvalue weighted by atomic mass is 32.2. The summed E-state index contributed by atoms with van der Waals surface area (Å²) in [6, 6.07) is 10.8. The molecule has 2 rings (SSSR count). The Kier molecular flexibility index (Phi) is 4.72. The molecule has 0 aromatic heterocycles. The lowest BCUT2D eigenvalue weighted by Gasteiger charge is -2.10. The summed E-state index contributed by atoms with van der Waals surface area (Å²) in [6.45, 7) is 2.04. The minimum atomic E-state index is -3.70. The Morgan fingerprint density at radius 3 is 2.52 bits per heavy atom. The van der Waals surface area contributed by atoms with Crippen LogP contribution in [0.1, 0.15) is 16.7 Å². The molecule has 0 unspecified atom stereocenters. The molecule has 0 fully saturated rings. The minimum absolute atomic E-state index is 0.0964. The van der Waals surface area contributed by atoms with Crippen molar-refractivity contribution in [1.82, 2.24) is 4.72 Å². The van der Waals surface area contributed by atoms with Gasteiger partial charge in [0.05, 0.1) is 4.90 Å². The van der Waals surface area contributed by atoms with Gasteiger partial charge < -0.3 is 5.73 Å². The van der Waals surface area contributed by atoms with Gasteiger partial charge in [0.1, 0.15) is 5.82 Å². The van der Waals surface area contributed by atoms with Crippen LogP contribution in [0.4, 0.5) is 4.39 Å². The van der Waals surface area contributed by atoms with Crippen LogP contribution in [-0.4, -0.2) is 8.42 Å². The monoisotopic (exact) mass is 308 g/mol. The first kappa shape index (κ1) is 15.6. The van der Waals surface area contributed by atoms with Gasteiger partial charge in [-0.1, -0.05) is 24.3 Å². The van der Waals surface area contributed by atoms with Crippen LogP contribution in [-0.2, 0) is 23.1 Å². The Labute approximate surface area is 123 Å². The second-order valence-corrected chi connectivity index (χ2v) is 6.48. The summed E-state index contributed by atoms with van der Waals surface area (Å²) in [6.07, 6.45) is 0. The van der Waals surface area contributed by atoms with Crippen molar-refractivity contribution in [3.05, 3.63) is 65.0 Å². The summed E-state index contributed by atoms with van der Waals surface area (Å²) in [5.41, 5.74) is 7.58. The van der Waals surface area contributed by atoms with Crippen LogP contribution in [0.5, 0.6) is 0 Å². The number of halogens is 1. The molecular formula is C15H17FN2O2S. The molecule has 0 heterocycles. The molecule has 0 aliphatic rings. The lowest BCUT2D eigenvalue weighted by Crippen LogP contribution is -2.24. The van der Waals surface area contributed by atoms with Crippen LogP contribution in [0.25, 0.3) is 0 Å². The number of aryl methyl sites for hydroxylation is 1. The van der Waals surface area contributed by atoms with Gasteiger partial charge in [0.2, 0.25) is 10.0 Å². The van der Waals surface area contributed by atoms with Crippen molar-refractivity contribution in [2.24, 2.45) is 5.73 Å². The summed E-state index contributed by atoms with van der Waals surface area (Å²) < 4.78 is 40.3. The Morgan fingerprint density at radius 1 is 1.14 bits per heavy atom. The predicted octanol–water partition coefficient (Wildman–Crippen LogP) is 2.07. The first-order chi connectivity index (χ1) is 9.94. The number of sulfonamides is 1. The van der Waals surface area contributed by atoms with E-state index in [1.54, 1.807) is 24.3 Å². The first-order valence-electron chi connectivity index (χ1n) is 6.46. The van der Waals surface area contributed by atoms with E-state index in [4.69, 9.17) is 5.73 Å². The molecule has 2 aromatic rings. The van der Waals surface area contributed by atoms with E-state index >= 15 is 0 Å². The Balaban J connectivity index is 2.21. The molecule has 0 aliphatic carbocycles. The molecule has 4 nitrogen and oxygen atoms in total. The highest BCUT2D eigenvalue weighted by Gasteiger charge is 2.15. The Bertz CT molecular complexity index is 745. The molecule has 0 saturated carbocycles. The van der Waals surface area contributed by atoms with Crippen LogP contribution in [0, 0.1) is 12.7 Å². The highest BCUT2D eigenvalue weighted by molar-refractivity contribution is 7.89. The van der Waals surface area contributed by atoms with Gasteiger partial charge in [0.15, 0.2) is 0 Å². The SMILES string of the molecule is Cc1ccc(S(=O)(=O)NCc2ccccc2F)cc1CN. The first-order valence-corrected chi connectivity index (χ1v) is 7.95. The van der Waals surface area contributed by atoms with E-state index in [0.717, 1.165) is 11.1 Å². The van der Waals surface area contributed by atoms with Crippen LogP contribution in [0.15, 0.2) is 47.4 Å².